The molecule has 2 amide bonds. The van der Waals surface area contributed by atoms with E-state index in [9.17, 15) is 14.0 Å². The minimum absolute atomic E-state index is 0. The number of carbonyl (C=O) groups excluding carboxylic acids is 2. The van der Waals surface area contributed by atoms with Gasteiger partial charge in [0.1, 0.15) is 5.82 Å². The van der Waals surface area contributed by atoms with Gasteiger partial charge in [-0.15, -0.1) is 12.4 Å². The van der Waals surface area contributed by atoms with Crippen LogP contribution in [0.1, 0.15) is 18.4 Å². The van der Waals surface area contributed by atoms with Crippen molar-refractivity contribution < 1.29 is 18.7 Å². The van der Waals surface area contributed by atoms with Crippen molar-refractivity contribution in [2.75, 3.05) is 30.4 Å². The number of ether oxygens (including phenoxy) is 1. The number of anilines is 2. The zero-order chi connectivity index (χ0) is 20.0. The number of nitrogens with one attached hydrogen (secondary N) is 2. The zero-order valence-electron chi connectivity index (χ0n) is 15.9. The largest absolute Gasteiger partial charge is 0.381 e. The summed E-state index contributed by atoms with van der Waals surface area (Å²) in [5.74, 6) is -0.898. The Labute approximate surface area is 175 Å². The standard InChI is InChI=1S/C21H24FN3O3.ClH/c22-17-3-1-2-4-18(17)25-19(26)13-15-5-7-16(8-6-15)24-20(27)21(14-23)9-11-28-12-10-21;/h1-8H,9-14,23H2,(H,24,27)(H,25,26);1H. The van der Waals surface area contributed by atoms with Gasteiger partial charge in [0.25, 0.3) is 0 Å². The molecule has 1 saturated heterocycles. The first-order valence-corrected chi connectivity index (χ1v) is 9.25. The fraction of sp³-hybridized carbons (Fsp3) is 0.333. The molecule has 2 aromatic carbocycles. The Kier molecular flexibility index (Phi) is 8.13. The second-order valence-electron chi connectivity index (χ2n) is 6.95. The second-order valence-corrected chi connectivity index (χ2v) is 6.95. The second kappa shape index (κ2) is 10.3. The van der Waals surface area contributed by atoms with Crippen LogP contribution >= 0.6 is 12.4 Å². The van der Waals surface area contributed by atoms with Gasteiger partial charge in [0.05, 0.1) is 17.5 Å². The monoisotopic (exact) mass is 421 g/mol. The van der Waals surface area contributed by atoms with E-state index in [0.717, 1.165) is 5.56 Å². The van der Waals surface area contributed by atoms with Crippen LogP contribution < -0.4 is 16.4 Å². The molecule has 0 spiro atoms. The number of para-hydroxylation sites is 1. The number of benzene rings is 2. The van der Waals surface area contributed by atoms with E-state index >= 15 is 0 Å². The van der Waals surface area contributed by atoms with Gasteiger partial charge in [-0.05, 0) is 42.7 Å². The Hall–Kier alpha value is -2.48. The van der Waals surface area contributed by atoms with E-state index in [1.807, 2.05) is 0 Å². The zero-order valence-corrected chi connectivity index (χ0v) is 16.8. The lowest BCUT2D eigenvalue weighted by Gasteiger charge is -2.34. The van der Waals surface area contributed by atoms with E-state index in [2.05, 4.69) is 10.6 Å². The van der Waals surface area contributed by atoms with Gasteiger partial charge in [-0.2, -0.15) is 0 Å². The molecule has 0 aliphatic carbocycles. The molecule has 3 rings (SSSR count). The molecule has 2 aromatic rings. The summed E-state index contributed by atoms with van der Waals surface area (Å²) in [6, 6.07) is 13.0. The summed E-state index contributed by atoms with van der Waals surface area (Å²) in [5.41, 5.74) is 6.81. The molecule has 1 aliphatic rings. The van der Waals surface area contributed by atoms with Crippen molar-refractivity contribution in [3.8, 4) is 0 Å². The smallest absolute Gasteiger partial charge is 0.232 e. The molecular formula is C21H25ClFN3O3. The number of amides is 2. The number of nitrogens with two attached hydrogens (primary N) is 1. The van der Waals surface area contributed by atoms with Gasteiger partial charge < -0.3 is 21.1 Å². The van der Waals surface area contributed by atoms with Crippen LogP contribution in [0.2, 0.25) is 0 Å². The Balaban J connectivity index is 0.00000300. The fourth-order valence-electron chi connectivity index (χ4n) is 3.20. The predicted octanol–water partition coefficient (Wildman–Crippen LogP) is 3.12. The Morgan fingerprint density at radius 3 is 2.31 bits per heavy atom. The lowest BCUT2D eigenvalue weighted by molar-refractivity contribution is -0.130. The number of rotatable bonds is 6. The fourth-order valence-corrected chi connectivity index (χ4v) is 3.20. The summed E-state index contributed by atoms with van der Waals surface area (Å²) in [7, 11) is 0. The summed E-state index contributed by atoms with van der Waals surface area (Å²) in [6.45, 7) is 1.33. The van der Waals surface area contributed by atoms with Gasteiger partial charge in [0.2, 0.25) is 11.8 Å². The van der Waals surface area contributed by atoms with Gasteiger partial charge >= 0.3 is 0 Å². The van der Waals surface area contributed by atoms with Crippen LogP contribution in [0.25, 0.3) is 0 Å². The van der Waals surface area contributed by atoms with Crippen molar-refractivity contribution in [1.82, 2.24) is 0 Å². The molecule has 156 valence electrons. The molecule has 0 radical (unpaired) electrons. The maximum Gasteiger partial charge on any atom is 0.232 e. The molecule has 8 heteroatoms. The highest BCUT2D eigenvalue weighted by Gasteiger charge is 2.38. The molecule has 0 saturated carbocycles. The highest BCUT2D eigenvalue weighted by Crippen LogP contribution is 2.31. The first kappa shape index (κ1) is 22.8. The van der Waals surface area contributed by atoms with E-state index in [1.165, 1.54) is 12.1 Å². The summed E-state index contributed by atoms with van der Waals surface area (Å²) in [4.78, 5) is 24.8. The van der Waals surface area contributed by atoms with Crippen LogP contribution in [-0.2, 0) is 20.7 Å². The maximum atomic E-state index is 13.6. The number of carbonyl (C=O) groups is 2. The van der Waals surface area contributed by atoms with Crippen LogP contribution in [0.4, 0.5) is 15.8 Å². The van der Waals surface area contributed by atoms with Gasteiger partial charge in [-0.25, -0.2) is 4.39 Å². The number of hydrogen-bond donors (Lipinski definition) is 3. The molecule has 1 heterocycles. The average Bonchev–Trinajstić information content (AvgIpc) is 2.71. The van der Waals surface area contributed by atoms with Crippen molar-refractivity contribution in [1.29, 1.82) is 0 Å². The van der Waals surface area contributed by atoms with Crippen LogP contribution in [-0.4, -0.2) is 31.6 Å². The van der Waals surface area contributed by atoms with E-state index in [0.29, 0.717) is 31.7 Å². The lowest BCUT2D eigenvalue weighted by Crippen LogP contribution is -2.46. The molecule has 0 atom stereocenters. The summed E-state index contributed by atoms with van der Waals surface area (Å²) in [5, 5.41) is 5.46. The Bertz CT molecular complexity index is 839. The summed E-state index contributed by atoms with van der Waals surface area (Å²) < 4.78 is 18.9. The first-order valence-electron chi connectivity index (χ1n) is 9.25. The molecule has 0 bridgehead atoms. The van der Waals surface area contributed by atoms with Gasteiger partial charge in [-0.3, -0.25) is 9.59 Å². The average molecular weight is 422 g/mol. The van der Waals surface area contributed by atoms with Gasteiger partial charge in [-0.1, -0.05) is 24.3 Å². The quantitative estimate of drug-likeness (QED) is 0.668. The van der Waals surface area contributed by atoms with Crippen molar-refractivity contribution in [2.45, 2.75) is 19.3 Å². The molecule has 1 fully saturated rings. The van der Waals surface area contributed by atoms with E-state index < -0.39 is 11.2 Å². The lowest BCUT2D eigenvalue weighted by atomic mass is 9.79. The molecular weight excluding hydrogens is 397 g/mol. The normalized spacial score (nSPS) is 15.1. The van der Waals surface area contributed by atoms with Crippen LogP contribution in [0.3, 0.4) is 0 Å². The third-order valence-electron chi connectivity index (χ3n) is 5.05. The summed E-state index contributed by atoms with van der Waals surface area (Å²) in [6.07, 6.45) is 1.31. The molecule has 29 heavy (non-hydrogen) atoms. The van der Waals surface area contributed by atoms with E-state index in [4.69, 9.17) is 10.5 Å². The number of hydrogen-bond acceptors (Lipinski definition) is 4. The Morgan fingerprint density at radius 2 is 1.69 bits per heavy atom. The first-order chi connectivity index (χ1) is 13.5. The highest BCUT2D eigenvalue weighted by atomic mass is 35.5. The summed E-state index contributed by atoms with van der Waals surface area (Å²) >= 11 is 0. The third kappa shape index (κ3) is 5.76. The van der Waals surface area contributed by atoms with Crippen molar-refractivity contribution in [3.63, 3.8) is 0 Å². The van der Waals surface area contributed by atoms with E-state index in [-0.39, 0.29) is 42.9 Å². The Morgan fingerprint density at radius 1 is 1.03 bits per heavy atom. The molecule has 6 nitrogen and oxygen atoms in total. The molecule has 0 aromatic heterocycles. The van der Waals surface area contributed by atoms with Crippen molar-refractivity contribution in [2.24, 2.45) is 11.1 Å². The van der Waals surface area contributed by atoms with Crippen molar-refractivity contribution >= 4 is 35.6 Å². The van der Waals surface area contributed by atoms with Crippen LogP contribution in [0.15, 0.2) is 48.5 Å². The van der Waals surface area contributed by atoms with Gasteiger partial charge in [0, 0.05) is 25.4 Å². The molecule has 4 N–H and O–H groups in total. The van der Waals surface area contributed by atoms with Crippen molar-refractivity contribution in [3.05, 3.63) is 59.9 Å². The maximum absolute atomic E-state index is 13.6. The van der Waals surface area contributed by atoms with Crippen LogP contribution in [0, 0.1) is 11.2 Å². The van der Waals surface area contributed by atoms with Gasteiger partial charge in [0.15, 0.2) is 0 Å². The molecule has 1 aliphatic heterocycles. The highest BCUT2D eigenvalue weighted by molar-refractivity contribution is 5.96. The predicted molar refractivity (Wildman–Crippen MR) is 113 cm³/mol. The minimum atomic E-state index is -0.601. The molecule has 0 unspecified atom stereocenters. The SMILES string of the molecule is Cl.NCC1(C(=O)Nc2ccc(CC(=O)Nc3ccccc3F)cc2)CCOCC1. The minimum Gasteiger partial charge on any atom is -0.381 e. The number of halogens is 2. The topological polar surface area (TPSA) is 93.5 Å². The van der Waals surface area contributed by atoms with E-state index in [1.54, 1.807) is 36.4 Å². The third-order valence-corrected chi connectivity index (χ3v) is 5.05. The van der Waals surface area contributed by atoms with Crippen LogP contribution in [0.5, 0.6) is 0 Å².